The van der Waals surface area contributed by atoms with Crippen LogP contribution in [0.1, 0.15) is 5.56 Å². The van der Waals surface area contributed by atoms with Crippen LogP contribution in [0.4, 0.5) is 15.8 Å². The lowest BCUT2D eigenvalue weighted by Crippen LogP contribution is -2.06. The lowest BCUT2D eigenvalue weighted by molar-refractivity contribution is 0.629. The molecule has 0 unspecified atom stereocenters. The SMILES string of the molecule is Nc1cc(F)c(Cl)cc1NCCc1ccsc1. The average molecular weight is 271 g/mol. The van der Waals surface area contributed by atoms with Crippen LogP contribution in [0.3, 0.4) is 0 Å². The Morgan fingerprint density at radius 1 is 1.41 bits per heavy atom. The normalized spacial score (nSPS) is 10.5. The van der Waals surface area contributed by atoms with Crippen LogP contribution in [0.2, 0.25) is 5.02 Å². The Kier molecular flexibility index (Phi) is 3.86. The van der Waals surface area contributed by atoms with E-state index in [-0.39, 0.29) is 5.02 Å². The second-order valence-corrected chi connectivity index (χ2v) is 4.85. The fourth-order valence-corrected chi connectivity index (χ4v) is 2.36. The molecule has 1 heterocycles. The van der Waals surface area contributed by atoms with Crippen molar-refractivity contribution in [1.82, 2.24) is 0 Å². The Labute approximate surface area is 108 Å². The van der Waals surface area contributed by atoms with Crippen LogP contribution >= 0.6 is 22.9 Å². The molecule has 90 valence electrons. The van der Waals surface area contributed by atoms with E-state index in [1.165, 1.54) is 17.7 Å². The van der Waals surface area contributed by atoms with Gasteiger partial charge in [0.2, 0.25) is 0 Å². The summed E-state index contributed by atoms with van der Waals surface area (Å²) in [4.78, 5) is 0. The molecule has 2 nitrogen and oxygen atoms in total. The summed E-state index contributed by atoms with van der Waals surface area (Å²) in [6, 6.07) is 4.82. The van der Waals surface area contributed by atoms with Crippen LogP contribution in [0.25, 0.3) is 0 Å². The van der Waals surface area contributed by atoms with Crippen LogP contribution in [0, 0.1) is 5.82 Å². The molecule has 0 radical (unpaired) electrons. The molecule has 1 aromatic heterocycles. The van der Waals surface area contributed by atoms with E-state index in [4.69, 9.17) is 17.3 Å². The molecule has 0 saturated carbocycles. The van der Waals surface area contributed by atoms with Gasteiger partial charge in [-0.3, -0.25) is 0 Å². The Bertz CT molecular complexity index is 499. The maximum absolute atomic E-state index is 13.1. The molecule has 0 amide bonds. The van der Waals surface area contributed by atoms with E-state index >= 15 is 0 Å². The molecular formula is C12H12ClFN2S. The van der Waals surface area contributed by atoms with Crippen LogP contribution < -0.4 is 11.1 Å². The fraction of sp³-hybridized carbons (Fsp3) is 0.167. The van der Waals surface area contributed by atoms with Crippen LogP contribution in [-0.2, 0) is 6.42 Å². The van der Waals surface area contributed by atoms with E-state index in [2.05, 4.69) is 16.8 Å². The second kappa shape index (κ2) is 5.38. The van der Waals surface area contributed by atoms with E-state index in [1.807, 2.05) is 5.38 Å². The summed E-state index contributed by atoms with van der Waals surface area (Å²) in [5, 5.41) is 7.37. The third-order valence-corrected chi connectivity index (χ3v) is 3.42. The highest BCUT2D eigenvalue weighted by Gasteiger charge is 2.05. The van der Waals surface area contributed by atoms with Gasteiger partial charge >= 0.3 is 0 Å². The summed E-state index contributed by atoms with van der Waals surface area (Å²) in [5.74, 6) is -0.493. The van der Waals surface area contributed by atoms with Crippen molar-refractivity contribution < 1.29 is 4.39 Å². The second-order valence-electron chi connectivity index (χ2n) is 3.66. The van der Waals surface area contributed by atoms with Gasteiger partial charge in [-0.1, -0.05) is 11.6 Å². The number of benzene rings is 1. The van der Waals surface area contributed by atoms with Gasteiger partial charge in [0.15, 0.2) is 0 Å². The lowest BCUT2D eigenvalue weighted by atomic mass is 10.2. The highest BCUT2D eigenvalue weighted by atomic mass is 35.5. The highest BCUT2D eigenvalue weighted by molar-refractivity contribution is 7.07. The zero-order chi connectivity index (χ0) is 12.3. The molecule has 0 fully saturated rings. The van der Waals surface area contributed by atoms with Crippen molar-refractivity contribution >= 4 is 34.3 Å². The summed E-state index contributed by atoms with van der Waals surface area (Å²) >= 11 is 7.37. The summed E-state index contributed by atoms with van der Waals surface area (Å²) in [7, 11) is 0. The van der Waals surface area contributed by atoms with Gasteiger partial charge in [0.05, 0.1) is 16.4 Å². The number of rotatable bonds is 4. The van der Waals surface area contributed by atoms with E-state index in [0.717, 1.165) is 13.0 Å². The topological polar surface area (TPSA) is 38.0 Å². The summed E-state index contributed by atoms with van der Waals surface area (Å²) in [6.45, 7) is 0.739. The monoisotopic (exact) mass is 270 g/mol. The van der Waals surface area contributed by atoms with Gasteiger partial charge in [0, 0.05) is 12.6 Å². The van der Waals surface area contributed by atoms with Crippen LogP contribution in [-0.4, -0.2) is 6.54 Å². The number of hydrogen-bond donors (Lipinski definition) is 2. The molecule has 0 spiro atoms. The number of anilines is 2. The predicted molar refractivity (Wildman–Crippen MR) is 72.3 cm³/mol. The van der Waals surface area contributed by atoms with E-state index in [0.29, 0.717) is 11.4 Å². The average Bonchev–Trinajstić information content (AvgIpc) is 2.78. The Hall–Kier alpha value is -1.26. The maximum atomic E-state index is 13.1. The molecule has 2 rings (SSSR count). The lowest BCUT2D eigenvalue weighted by Gasteiger charge is -2.09. The summed E-state index contributed by atoms with van der Waals surface area (Å²) in [6.07, 6.45) is 0.901. The molecule has 0 bridgehead atoms. The molecule has 0 aliphatic rings. The molecule has 0 saturated heterocycles. The Morgan fingerprint density at radius 3 is 2.94 bits per heavy atom. The minimum absolute atomic E-state index is 0.0808. The molecular weight excluding hydrogens is 259 g/mol. The van der Waals surface area contributed by atoms with Gasteiger partial charge < -0.3 is 11.1 Å². The molecule has 0 atom stereocenters. The first-order valence-electron chi connectivity index (χ1n) is 5.16. The Balaban J connectivity index is 1.97. The first-order valence-corrected chi connectivity index (χ1v) is 6.48. The number of nitrogens with one attached hydrogen (secondary N) is 1. The van der Waals surface area contributed by atoms with E-state index in [9.17, 15) is 4.39 Å². The molecule has 17 heavy (non-hydrogen) atoms. The molecule has 1 aromatic carbocycles. The van der Waals surface area contributed by atoms with Gasteiger partial charge in [-0.2, -0.15) is 11.3 Å². The van der Waals surface area contributed by atoms with Crippen molar-refractivity contribution in [3.8, 4) is 0 Å². The zero-order valence-corrected chi connectivity index (χ0v) is 10.6. The molecule has 5 heteroatoms. The molecule has 0 aliphatic carbocycles. The number of hydrogen-bond acceptors (Lipinski definition) is 3. The van der Waals surface area contributed by atoms with Gasteiger partial charge in [-0.25, -0.2) is 4.39 Å². The van der Waals surface area contributed by atoms with Crippen LogP contribution in [0.5, 0.6) is 0 Å². The largest absolute Gasteiger partial charge is 0.397 e. The van der Waals surface area contributed by atoms with E-state index in [1.54, 1.807) is 11.3 Å². The number of thiophene rings is 1. The van der Waals surface area contributed by atoms with Gasteiger partial charge in [-0.05, 0) is 34.9 Å². The van der Waals surface area contributed by atoms with Crippen LogP contribution in [0.15, 0.2) is 29.0 Å². The first kappa shape index (κ1) is 12.2. The van der Waals surface area contributed by atoms with E-state index < -0.39 is 5.82 Å². The quantitative estimate of drug-likeness (QED) is 0.830. The standard InChI is InChI=1S/C12H12ClFN2S/c13-9-5-12(11(15)6-10(9)14)16-3-1-8-2-4-17-7-8/h2,4-7,16H,1,3,15H2. The smallest absolute Gasteiger partial charge is 0.143 e. The van der Waals surface area contributed by atoms with Crippen molar-refractivity contribution in [2.24, 2.45) is 0 Å². The third kappa shape index (κ3) is 3.11. The van der Waals surface area contributed by atoms with Gasteiger partial charge in [-0.15, -0.1) is 0 Å². The third-order valence-electron chi connectivity index (χ3n) is 2.40. The number of halogens is 2. The fourth-order valence-electron chi connectivity index (χ4n) is 1.49. The molecule has 3 N–H and O–H groups in total. The maximum Gasteiger partial charge on any atom is 0.143 e. The molecule has 0 aliphatic heterocycles. The van der Waals surface area contributed by atoms with Gasteiger partial charge in [0.1, 0.15) is 5.82 Å². The Morgan fingerprint density at radius 2 is 2.24 bits per heavy atom. The number of nitrogen functional groups attached to an aromatic ring is 1. The van der Waals surface area contributed by atoms with Crippen molar-refractivity contribution in [2.45, 2.75) is 6.42 Å². The van der Waals surface area contributed by atoms with Crippen molar-refractivity contribution in [2.75, 3.05) is 17.6 Å². The minimum Gasteiger partial charge on any atom is -0.397 e. The highest BCUT2D eigenvalue weighted by Crippen LogP contribution is 2.26. The number of nitrogens with two attached hydrogens (primary N) is 1. The van der Waals surface area contributed by atoms with Gasteiger partial charge in [0.25, 0.3) is 0 Å². The minimum atomic E-state index is -0.493. The first-order chi connectivity index (χ1) is 8.16. The zero-order valence-electron chi connectivity index (χ0n) is 9.04. The van der Waals surface area contributed by atoms with Crippen molar-refractivity contribution in [3.63, 3.8) is 0 Å². The predicted octanol–water partition coefficient (Wildman–Crippen LogP) is 3.78. The van der Waals surface area contributed by atoms with Crippen molar-refractivity contribution in [3.05, 3.63) is 45.4 Å². The summed E-state index contributed by atoms with van der Waals surface area (Å²) < 4.78 is 13.1. The molecule has 2 aromatic rings. The summed E-state index contributed by atoms with van der Waals surface area (Å²) in [5.41, 5.74) is 8.01. The van der Waals surface area contributed by atoms with Crippen molar-refractivity contribution in [1.29, 1.82) is 0 Å².